The third kappa shape index (κ3) is 5.04. The van der Waals surface area contributed by atoms with E-state index in [0.717, 1.165) is 41.1 Å². The summed E-state index contributed by atoms with van der Waals surface area (Å²) in [5, 5.41) is 11.6. The molecule has 9 heteroatoms. The topological polar surface area (TPSA) is 97.4 Å². The molecule has 192 valence electrons. The van der Waals surface area contributed by atoms with Crippen molar-refractivity contribution in [3.8, 4) is 11.3 Å². The molecule has 5 heterocycles. The molecule has 0 aliphatic carbocycles. The van der Waals surface area contributed by atoms with Crippen LogP contribution in [0.1, 0.15) is 58.7 Å². The second kappa shape index (κ2) is 9.89. The molecule has 1 fully saturated rings. The van der Waals surface area contributed by atoms with Crippen LogP contribution in [0, 0.1) is 6.92 Å². The van der Waals surface area contributed by atoms with Gasteiger partial charge in [0.25, 0.3) is 5.91 Å². The highest BCUT2D eigenvalue weighted by atomic mass is 16.1. The Hall–Kier alpha value is -3.85. The summed E-state index contributed by atoms with van der Waals surface area (Å²) in [5.74, 6) is -0.237. The number of nitrogens with zero attached hydrogens (tertiary/aromatic N) is 6. The second-order valence-electron chi connectivity index (χ2n) is 10.4. The minimum Gasteiger partial charge on any atom is -0.351 e. The molecule has 9 nitrogen and oxygen atoms in total. The Bertz CT molecular complexity index is 1470. The molecule has 1 saturated heterocycles. The number of rotatable bonds is 8. The Morgan fingerprint density at radius 2 is 1.97 bits per heavy atom. The van der Waals surface area contributed by atoms with Crippen molar-refractivity contribution in [2.75, 3.05) is 19.6 Å². The van der Waals surface area contributed by atoms with Crippen LogP contribution in [0.2, 0.25) is 0 Å². The number of fused-ring (bicyclic) bond motifs is 1. The molecular weight excluding hydrogens is 466 g/mol. The van der Waals surface area contributed by atoms with E-state index < -0.39 is 0 Å². The van der Waals surface area contributed by atoms with Gasteiger partial charge in [0.15, 0.2) is 5.78 Å². The lowest BCUT2D eigenvalue weighted by Crippen LogP contribution is -2.43. The number of amides is 1. The van der Waals surface area contributed by atoms with Gasteiger partial charge in [0.05, 0.1) is 28.5 Å². The third-order valence-corrected chi connectivity index (χ3v) is 7.48. The zero-order chi connectivity index (χ0) is 26.2. The van der Waals surface area contributed by atoms with Crippen LogP contribution in [0.15, 0.2) is 49.1 Å². The molecule has 1 aliphatic heterocycles. The number of carbonyl (C=O) groups is 2. The SMILES string of the molecule is Cc1ncc(C(=O)NCCN2CCCC2(C)C)cc1CC(=O)c1cnn2cc(-c3ccnn3C)ccc12. The number of hydrogen-bond acceptors (Lipinski definition) is 6. The lowest BCUT2D eigenvalue weighted by Gasteiger charge is -2.31. The van der Waals surface area contributed by atoms with Crippen LogP contribution < -0.4 is 5.32 Å². The molecule has 0 radical (unpaired) electrons. The fourth-order valence-electron chi connectivity index (χ4n) is 5.14. The normalized spacial score (nSPS) is 15.4. The predicted molar refractivity (Wildman–Crippen MR) is 142 cm³/mol. The van der Waals surface area contributed by atoms with Crippen LogP contribution in [0.25, 0.3) is 16.8 Å². The summed E-state index contributed by atoms with van der Waals surface area (Å²) in [6.45, 7) is 8.82. The Balaban J connectivity index is 1.27. The van der Waals surface area contributed by atoms with E-state index in [4.69, 9.17) is 0 Å². The van der Waals surface area contributed by atoms with Crippen LogP contribution in [-0.4, -0.2) is 66.1 Å². The molecule has 0 spiro atoms. The maximum atomic E-state index is 13.3. The van der Waals surface area contributed by atoms with Crippen molar-refractivity contribution in [2.24, 2.45) is 7.05 Å². The molecule has 4 aromatic rings. The maximum Gasteiger partial charge on any atom is 0.252 e. The molecule has 0 bridgehead atoms. The molecule has 5 rings (SSSR count). The molecule has 4 aromatic heterocycles. The van der Waals surface area contributed by atoms with Crippen molar-refractivity contribution in [1.29, 1.82) is 0 Å². The number of Topliss-reactive ketones (excluding diaryl/α,β-unsaturated/α-hetero) is 1. The molecule has 1 N–H and O–H groups in total. The van der Waals surface area contributed by atoms with Crippen molar-refractivity contribution >= 4 is 17.2 Å². The van der Waals surface area contributed by atoms with Crippen LogP contribution in [0.5, 0.6) is 0 Å². The molecule has 0 atom stereocenters. The highest BCUT2D eigenvalue weighted by molar-refractivity contribution is 6.03. The number of hydrogen-bond donors (Lipinski definition) is 1. The smallest absolute Gasteiger partial charge is 0.252 e. The predicted octanol–water partition coefficient (Wildman–Crippen LogP) is 3.47. The van der Waals surface area contributed by atoms with E-state index in [1.165, 1.54) is 12.8 Å². The highest BCUT2D eigenvalue weighted by Crippen LogP contribution is 2.27. The van der Waals surface area contributed by atoms with Gasteiger partial charge in [-0.1, -0.05) is 0 Å². The van der Waals surface area contributed by atoms with E-state index in [1.54, 1.807) is 33.9 Å². The van der Waals surface area contributed by atoms with Gasteiger partial charge in [0.2, 0.25) is 0 Å². The van der Waals surface area contributed by atoms with Gasteiger partial charge in [-0.2, -0.15) is 10.2 Å². The Morgan fingerprint density at radius 1 is 1.14 bits per heavy atom. The molecule has 0 aromatic carbocycles. The van der Waals surface area contributed by atoms with Gasteiger partial charge in [-0.3, -0.25) is 24.2 Å². The first-order chi connectivity index (χ1) is 17.7. The quantitative estimate of drug-likeness (QED) is 0.373. The third-order valence-electron chi connectivity index (χ3n) is 7.48. The largest absolute Gasteiger partial charge is 0.351 e. The van der Waals surface area contributed by atoms with Gasteiger partial charge < -0.3 is 5.32 Å². The summed E-state index contributed by atoms with van der Waals surface area (Å²) >= 11 is 0. The van der Waals surface area contributed by atoms with E-state index in [-0.39, 0.29) is 23.7 Å². The Labute approximate surface area is 216 Å². The molecular formula is C28H33N7O2. The maximum absolute atomic E-state index is 13.3. The van der Waals surface area contributed by atoms with Gasteiger partial charge in [0, 0.05) is 61.9 Å². The zero-order valence-electron chi connectivity index (χ0n) is 21.9. The fourth-order valence-corrected chi connectivity index (χ4v) is 5.14. The van der Waals surface area contributed by atoms with Crippen molar-refractivity contribution in [3.63, 3.8) is 0 Å². The fraction of sp³-hybridized carbons (Fsp3) is 0.393. The first-order valence-corrected chi connectivity index (χ1v) is 12.7. The van der Waals surface area contributed by atoms with Gasteiger partial charge in [0.1, 0.15) is 0 Å². The number of pyridine rings is 2. The van der Waals surface area contributed by atoms with Gasteiger partial charge in [-0.25, -0.2) is 4.52 Å². The number of aryl methyl sites for hydroxylation is 2. The summed E-state index contributed by atoms with van der Waals surface area (Å²) < 4.78 is 3.51. The van der Waals surface area contributed by atoms with E-state index >= 15 is 0 Å². The number of ketones is 1. The van der Waals surface area contributed by atoms with Crippen molar-refractivity contribution in [3.05, 3.63) is 71.4 Å². The lowest BCUT2D eigenvalue weighted by molar-refractivity contribution is 0.0937. The summed E-state index contributed by atoms with van der Waals surface area (Å²) in [4.78, 5) is 32.9. The Morgan fingerprint density at radius 3 is 2.70 bits per heavy atom. The van der Waals surface area contributed by atoms with Gasteiger partial charge in [-0.05, 0) is 70.0 Å². The molecule has 1 amide bonds. The van der Waals surface area contributed by atoms with E-state index in [2.05, 4.69) is 39.2 Å². The van der Waals surface area contributed by atoms with Crippen LogP contribution in [0.4, 0.5) is 0 Å². The van der Waals surface area contributed by atoms with Crippen molar-refractivity contribution in [1.82, 2.24) is 34.6 Å². The van der Waals surface area contributed by atoms with Gasteiger partial charge >= 0.3 is 0 Å². The average Bonchev–Trinajstić information content (AvgIpc) is 3.58. The van der Waals surface area contributed by atoms with Gasteiger partial charge in [-0.15, -0.1) is 0 Å². The molecule has 1 aliphatic rings. The summed E-state index contributed by atoms with van der Waals surface area (Å²) in [5.41, 5.74) is 5.33. The van der Waals surface area contributed by atoms with E-state index in [1.807, 2.05) is 38.4 Å². The van der Waals surface area contributed by atoms with Crippen LogP contribution >= 0.6 is 0 Å². The van der Waals surface area contributed by atoms with E-state index in [0.29, 0.717) is 17.7 Å². The summed E-state index contributed by atoms with van der Waals surface area (Å²) in [6.07, 6.45) is 9.34. The van der Waals surface area contributed by atoms with Crippen LogP contribution in [0.3, 0.4) is 0 Å². The van der Waals surface area contributed by atoms with Crippen molar-refractivity contribution < 1.29 is 9.59 Å². The number of likely N-dealkylation sites (tertiary alicyclic amines) is 1. The second-order valence-corrected chi connectivity index (χ2v) is 10.4. The summed E-state index contributed by atoms with van der Waals surface area (Å²) in [7, 11) is 1.89. The zero-order valence-corrected chi connectivity index (χ0v) is 21.9. The monoisotopic (exact) mass is 499 g/mol. The number of nitrogens with one attached hydrogen (secondary N) is 1. The minimum atomic E-state index is -0.170. The number of carbonyl (C=O) groups excluding carboxylic acids is 2. The van der Waals surface area contributed by atoms with E-state index in [9.17, 15) is 9.59 Å². The molecule has 37 heavy (non-hydrogen) atoms. The lowest BCUT2D eigenvalue weighted by atomic mass is 10.0. The summed E-state index contributed by atoms with van der Waals surface area (Å²) in [6, 6.07) is 7.58. The standard InChI is InChI=1S/C28H33N7O2/c1-19-21(14-22(16-30-19)27(37)29-11-13-34-12-5-9-28(34,2)3)15-26(36)23-17-32-35-18-20(6-7-25(23)35)24-8-10-31-33(24)4/h6-8,10,14,16-18H,5,9,11-13,15H2,1-4H3,(H,29,37). The highest BCUT2D eigenvalue weighted by Gasteiger charge is 2.31. The van der Waals surface area contributed by atoms with Crippen molar-refractivity contribution in [2.45, 2.75) is 45.6 Å². The Kier molecular flexibility index (Phi) is 6.64. The van der Waals surface area contributed by atoms with Crippen LogP contribution in [-0.2, 0) is 13.5 Å². The number of aromatic nitrogens is 5. The molecule has 0 saturated carbocycles. The average molecular weight is 500 g/mol. The first kappa shape index (κ1) is 24.8. The minimum absolute atomic E-state index is 0.0676. The first-order valence-electron chi connectivity index (χ1n) is 12.7. The molecule has 0 unspecified atom stereocenters.